The quantitative estimate of drug-likeness (QED) is 0.810. The molecule has 14 heavy (non-hydrogen) atoms. The molecule has 0 aromatic heterocycles. The van der Waals surface area contributed by atoms with E-state index in [9.17, 15) is 4.79 Å². The molecular weight excluding hydrogens is 202 g/mol. The van der Waals surface area contributed by atoms with E-state index in [4.69, 9.17) is 16.7 Å². The Labute approximate surface area is 87.7 Å². The lowest BCUT2D eigenvalue weighted by Crippen LogP contribution is -2.12. The van der Waals surface area contributed by atoms with Gasteiger partial charge in [-0.3, -0.25) is 0 Å². The van der Waals surface area contributed by atoms with Gasteiger partial charge in [-0.2, -0.15) is 0 Å². The maximum atomic E-state index is 10.7. The second kappa shape index (κ2) is 4.44. The van der Waals surface area contributed by atoms with Crippen LogP contribution in [0.1, 0.15) is 28.9 Å². The summed E-state index contributed by atoms with van der Waals surface area (Å²) >= 11 is 5.82. The van der Waals surface area contributed by atoms with E-state index in [0.717, 1.165) is 5.56 Å². The first-order chi connectivity index (χ1) is 6.56. The lowest BCUT2D eigenvalue weighted by Gasteiger charge is -2.11. The van der Waals surface area contributed by atoms with Crippen LogP contribution in [-0.4, -0.2) is 18.1 Å². The average molecular weight is 214 g/mol. The van der Waals surface area contributed by atoms with E-state index in [-0.39, 0.29) is 16.6 Å². The van der Waals surface area contributed by atoms with Crippen molar-refractivity contribution < 1.29 is 9.90 Å². The van der Waals surface area contributed by atoms with Crippen molar-refractivity contribution in [3.05, 3.63) is 34.3 Å². The number of carboxylic acid groups (broad SMARTS) is 1. The van der Waals surface area contributed by atoms with Gasteiger partial charge < -0.3 is 10.4 Å². The van der Waals surface area contributed by atoms with Crippen molar-refractivity contribution in [2.75, 3.05) is 7.05 Å². The smallest absolute Gasteiger partial charge is 0.337 e. The fourth-order valence-electron chi connectivity index (χ4n) is 1.14. The van der Waals surface area contributed by atoms with Crippen molar-refractivity contribution >= 4 is 17.6 Å². The van der Waals surface area contributed by atoms with Crippen molar-refractivity contribution in [1.82, 2.24) is 5.32 Å². The summed E-state index contributed by atoms with van der Waals surface area (Å²) in [6.45, 7) is 1.98. The molecule has 0 aliphatic rings. The number of hydrogen-bond acceptors (Lipinski definition) is 2. The normalized spacial score (nSPS) is 12.5. The van der Waals surface area contributed by atoms with Gasteiger partial charge in [0.2, 0.25) is 0 Å². The van der Waals surface area contributed by atoms with Gasteiger partial charge in [-0.15, -0.1) is 0 Å². The van der Waals surface area contributed by atoms with Gasteiger partial charge in [0.1, 0.15) is 0 Å². The summed E-state index contributed by atoms with van der Waals surface area (Å²) in [5.41, 5.74) is 1.11. The molecule has 0 radical (unpaired) electrons. The number of rotatable bonds is 3. The first-order valence-corrected chi connectivity index (χ1v) is 4.64. The molecule has 0 spiro atoms. The van der Waals surface area contributed by atoms with E-state index in [1.807, 2.05) is 14.0 Å². The van der Waals surface area contributed by atoms with Crippen LogP contribution in [0.5, 0.6) is 0 Å². The summed E-state index contributed by atoms with van der Waals surface area (Å²) in [5.74, 6) is -1.00. The van der Waals surface area contributed by atoms with E-state index in [1.165, 1.54) is 6.07 Å². The van der Waals surface area contributed by atoms with Gasteiger partial charge in [0.15, 0.2) is 0 Å². The third kappa shape index (κ3) is 2.25. The summed E-state index contributed by atoms with van der Waals surface area (Å²) < 4.78 is 0. The Kier molecular flexibility index (Phi) is 3.49. The minimum atomic E-state index is -1.00. The zero-order chi connectivity index (χ0) is 10.7. The predicted molar refractivity (Wildman–Crippen MR) is 55.9 cm³/mol. The third-order valence-electron chi connectivity index (χ3n) is 2.16. The number of benzene rings is 1. The minimum absolute atomic E-state index is 0.138. The van der Waals surface area contributed by atoms with Gasteiger partial charge >= 0.3 is 5.97 Å². The summed E-state index contributed by atoms with van der Waals surface area (Å²) in [6, 6.07) is 5.12. The van der Waals surface area contributed by atoms with Gasteiger partial charge in [-0.05, 0) is 31.7 Å². The molecule has 0 saturated heterocycles. The number of hydrogen-bond donors (Lipinski definition) is 2. The van der Waals surface area contributed by atoms with E-state index < -0.39 is 5.97 Å². The van der Waals surface area contributed by atoms with Gasteiger partial charge in [-0.25, -0.2) is 4.79 Å². The molecule has 0 saturated carbocycles. The summed E-state index contributed by atoms with van der Waals surface area (Å²) in [4.78, 5) is 10.7. The van der Waals surface area contributed by atoms with Crippen LogP contribution < -0.4 is 5.32 Å². The maximum Gasteiger partial charge on any atom is 0.337 e. The van der Waals surface area contributed by atoms with E-state index in [0.29, 0.717) is 0 Å². The minimum Gasteiger partial charge on any atom is -0.478 e. The molecule has 0 unspecified atom stereocenters. The third-order valence-corrected chi connectivity index (χ3v) is 2.47. The predicted octanol–water partition coefficient (Wildman–Crippen LogP) is 2.32. The fourth-order valence-corrected chi connectivity index (χ4v) is 1.41. The molecule has 0 fully saturated rings. The van der Waals surface area contributed by atoms with Gasteiger partial charge in [0, 0.05) is 6.04 Å². The lowest BCUT2D eigenvalue weighted by molar-refractivity contribution is 0.0697. The number of halogens is 1. The molecule has 4 heteroatoms. The maximum absolute atomic E-state index is 10.7. The van der Waals surface area contributed by atoms with Crippen LogP contribution in [0.2, 0.25) is 5.02 Å². The lowest BCUT2D eigenvalue weighted by atomic mass is 10.1. The summed E-state index contributed by atoms with van der Waals surface area (Å²) in [5, 5.41) is 12.1. The van der Waals surface area contributed by atoms with Crippen molar-refractivity contribution in [2.24, 2.45) is 0 Å². The van der Waals surface area contributed by atoms with Gasteiger partial charge in [0.25, 0.3) is 0 Å². The van der Waals surface area contributed by atoms with Crippen molar-refractivity contribution in [3.63, 3.8) is 0 Å². The number of aromatic carboxylic acids is 1. The number of nitrogens with one attached hydrogen (secondary N) is 1. The Bertz CT molecular complexity index is 352. The van der Waals surface area contributed by atoms with Crippen LogP contribution >= 0.6 is 11.6 Å². The average Bonchev–Trinajstić information content (AvgIpc) is 2.15. The first kappa shape index (κ1) is 11.0. The number of carbonyl (C=O) groups is 1. The molecule has 76 valence electrons. The van der Waals surface area contributed by atoms with Crippen LogP contribution in [0.3, 0.4) is 0 Å². The van der Waals surface area contributed by atoms with E-state index in [1.54, 1.807) is 12.1 Å². The highest BCUT2D eigenvalue weighted by atomic mass is 35.5. The Balaban J connectivity index is 3.06. The Morgan fingerprint density at radius 1 is 1.57 bits per heavy atom. The van der Waals surface area contributed by atoms with Crippen molar-refractivity contribution in [3.8, 4) is 0 Å². The zero-order valence-electron chi connectivity index (χ0n) is 8.04. The molecule has 1 aromatic rings. The Morgan fingerprint density at radius 2 is 2.21 bits per heavy atom. The molecule has 2 N–H and O–H groups in total. The van der Waals surface area contributed by atoms with E-state index in [2.05, 4.69) is 5.32 Å². The molecule has 0 aliphatic carbocycles. The van der Waals surface area contributed by atoms with Crippen LogP contribution in [0.15, 0.2) is 18.2 Å². The fraction of sp³-hybridized carbons (Fsp3) is 0.300. The molecule has 0 bridgehead atoms. The second-order valence-corrected chi connectivity index (χ2v) is 3.46. The van der Waals surface area contributed by atoms with Crippen molar-refractivity contribution in [1.29, 1.82) is 0 Å². The van der Waals surface area contributed by atoms with Gasteiger partial charge in [0.05, 0.1) is 10.6 Å². The molecule has 1 rings (SSSR count). The first-order valence-electron chi connectivity index (χ1n) is 4.26. The Hall–Kier alpha value is -1.06. The number of carboxylic acids is 1. The van der Waals surface area contributed by atoms with Crippen molar-refractivity contribution in [2.45, 2.75) is 13.0 Å². The summed E-state index contributed by atoms with van der Waals surface area (Å²) in [7, 11) is 1.84. The Morgan fingerprint density at radius 3 is 2.64 bits per heavy atom. The second-order valence-electron chi connectivity index (χ2n) is 3.05. The monoisotopic (exact) mass is 213 g/mol. The SMILES string of the molecule is CN[C@H](C)c1ccc(C(=O)O)c(Cl)c1. The molecule has 1 atom stereocenters. The highest BCUT2D eigenvalue weighted by Gasteiger charge is 2.10. The molecular formula is C10H12ClNO2. The van der Waals surface area contributed by atoms with E-state index >= 15 is 0 Å². The standard InChI is InChI=1S/C10H12ClNO2/c1-6(12-2)7-3-4-8(10(13)14)9(11)5-7/h3-6,12H,1-2H3,(H,13,14)/t6-/m1/s1. The highest BCUT2D eigenvalue weighted by Crippen LogP contribution is 2.21. The summed E-state index contributed by atoms with van der Waals surface area (Å²) in [6.07, 6.45) is 0. The van der Waals surface area contributed by atoms with Crippen LogP contribution in [-0.2, 0) is 0 Å². The van der Waals surface area contributed by atoms with Crippen LogP contribution in [0.4, 0.5) is 0 Å². The molecule has 0 amide bonds. The molecule has 3 nitrogen and oxygen atoms in total. The van der Waals surface area contributed by atoms with Crippen LogP contribution in [0.25, 0.3) is 0 Å². The molecule has 0 aliphatic heterocycles. The zero-order valence-corrected chi connectivity index (χ0v) is 8.80. The highest BCUT2D eigenvalue weighted by molar-refractivity contribution is 6.33. The van der Waals surface area contributed by atoms with Gasteiger partial charge in [-0.1, -0.05) is 17.7 Å². The van der Waals surface area contributed by atoms with Crippen LogP contribution in [0, 0.1) is 0 Å². The topological polar surface area (TPSA) is 49.3 Å². The molecule has 0 heterocycles. The largest absolute Gasteiger partial charge is 0.478 e. The molecule has 1 aromatic carbocycles.